The zero-order chi connectivity index (χ0) is 11.4. The molecule has 0 radical (unpaired) electrons. The van der Waals surface area contributed by atoms with Crippen LogP contribution >= 0.6 is 0 Å². The molecular weight excluding hydrogens is 224 g/mol. The topological polar surface area (TPSA) is 0 Å². The molecule has 0 atom stereocenters. The van der Waals surface area contributed by atoms with Crippen molar-refractivity contribution < 1.29 is 0 Å². The molecule has 2 heteroatoms. The lowest BCUT2D eigenvalue weighted by molar-refractivity contribution is 1.65. The summed E-state index contributed by atoms with van der Waals surface area (Å²) in [5.74, 6) is 0. The smallest absolute Gasteiger partial charge is 0.0517 e. The molecule has 0 aromatic heterocycles. The van der Waals surface area contributed by atoms with Gasteiger partial charge in [0.25, 0.3) is 0 Å². The molecule has 0 amide bonds. The summed E-state index contributed by atoms with van der Waals surface area (Å²) < 4.78 is 0. The van der Waals surface area contributed by atoms with E-state index in [0.717, 1.165) is 0 Å². The van der Waals surface area contributed by atoms with E-state index in [4.69, 9.17) is 0 Å². The third kappa shape index (κ3) is 2.51. The molecule has 0 aliphatic heterocycles. The van der Waals surface area contributed by atoms with Crippen LogP contribution in [0.4, 0.5) is 0 Å². The second-order valence-corrected chi connectivity index (χ2v) is 7.15. The molecule has 16 heavy (non-hydrogen) atoms. The molecule has 0 fully saturated rings. The van der Waals surface area contributed by atoms with E-state index < -0.39 is 0 Å². The summed E-state index contributed by atoms with van der Waals surface area (Å²) in [6.45, 7) is 4.66. The Hall–Kier alpha value is -1.13. The van der Waals surface area contributed by atoms with Crippen molar-refractivity contribution >= 4 is 29.4 Å². The van der Waals surface area contributed by atoms with Crippen LogP contribution in [-0.4, -0.2) is 19.0 Å². The van der Waals surface area contributed by atoms with Crippen molar-refractivity contribution in [3.8, 4) is 11.1 Å². The lowest BCUT2D eigenvalue weighted by Crippen LogP contribution is -2.09. The monoisotopic (exact) mass is 242 g/mol. The maximum Gasteiger partial charge on any atom is 0.0517 e. The van der Waals surface area contributed by atoms with Gasteiger partial charge in [-0.15, -0.1) is 0 Å². The van der Waals surface area contributed by atoms with Crippen LogP contribution in [0.15, 0.2) is 48.5 Å². The summed E-state index contributed by atoms with van der Waals surface area (Å²) in [6, 6.07) is 18.1. The molecule has 0 aliphatic carbocycles. The molecule has 0 aliphatic rings. The molecule has 0 saturated carbocycles. The second-order valence-electron chi connectivity index (χ2n) is 4.10. The highest BCUT2D eigenvalue weighted by Crippen LogP contribution is 2.16. The first-order chi connectivity index (χ1) is 7.83. The van der Waals surface area contributed by atoms with Gasteiger partial charge < -0.3 is 0 Å². The minimum absolute atomic E-state index is 0.00917. The summed E-state index contributed by atoms with van der Waals surface area (Å²) in [6.07, 6.45) is 0. The number of hydrogen-bond donors (Lipinski definition) is 0. The average Bonchev–Trinajstić information content (AvgIpc) is 2.39. The summed E-state index contributed by atoms with van der Waals surface area (Å²) in [7, 11) is -0.0183. The van der Waals surface area contributed by atoms with Gasteiger partial charge in [0.2, 0.25) is 0 Å². The van der Waals surface area contributed by atoms with Gasteiger partial charge in [-0.3, -0.25) is 0 Å². The third-order valence-corrected chi connectivity index (χ3v) is 5.63. The van der Waals surface area contributed by atoms with Crippen LogP contribution in [0, 0.1) is 0 Å². The van der Waals surface area contributed by atoms with Crippen molar-refractivity contribution in [3.05, 3.63) is 48.5 Å². The molecular formula is C14H18Si2. The highest BCUT2D eigenvalue weighted by molar-refractivity contribution is 6.52. The zero-order valence-corrected chi connectivity index (χ0v) is 12.9. The lowest BCUT2D eigenvalue weighted by Gasteiger charge is -2.04. The normalized spacial score (nSPS) is 11.9. The molecule has 0 saturated heterocycles. The summed E-state index contributed by atoms with van der Waals surface area (Å²) in [5, 5.41) is 3.09. The van der Waals surface area contributed by atoms with Crippen molar-refractivity contribution in [1.82, 2.24) is 0 Å². The number of hydrogen-bond acceptors (Lipinski definition) is 0. The van der Waals surface area contributed by atoms with E-state index in [2.05, 4.69) is 61.6 Å². The van der Waals surface area contributed by atoms with Gasteiger partial charge in [0.1, 0.15) is 0 Å². The van der Waals surface area contributed by atoms with Crippen LogP contribution in [0.1, 0.15) is 0 Å². The Morgan fingerprint density at radius 3 is 1.12 bits per heavy atom. The van der Waals surface area contributed by atoms with Crippen LogP contribution in [0.3, 0.4) is 0 Å². The summed E-state index contributed by atoms with van der Waals surface area (Å²) >= 11 is 0. The van der Waals surface area contributed by atoms with Gasteiger partial charge in [-0.25, -0.2) is 0 Å². The molecule has 2 aromatic carbocycles. The SMILES string of the molecule is C[SiH2]c1ccc(-c2ccc([SiH2]C)cc2)cc1. The van der Waals surface area contributed by atoms with Gasteiger partial charge in [0.05, 0.1) is 19.0 Å². The Morgan fingerprint density at radius 1 is 0.562 bits per heavy atom. The number of benzene rings is 2. The van der Waals surface area contributed by atoms with Crippen molar-refractivity contribution in [2.75, 3.05) is 0 Å². The van der Waals surface area contributed by atoms with Crippen LogP contribution in [0.5, 0.6) is 0 Å². The highest BCUT2D eigenvalue weighted by Gasteiger charge is 1.97. The summed E-state index contributed by atoms with van der Waals surface area (Å²) in [5.41, 5.74) is 2.69. The Labute approximate surface area is 102 Å². The summed E-state index contributed by atoms with van der Waals surface area (Å²) in [4.78, 5) is 0. The van der Waals surface area contributed by atoms with Gasteiger partial charge >= 0.3 is 0 Å². The van der Waals surface area contributed by atoms with E-state index in [0.29, 0.717) is 0 Å². The predicted octanol–water partition coefficient (Wildman–Crippen LogP) is 1.04. The lowest BCUT2D eigenvalue weighted by atomic mass is 10.1. The highest BCUT2D eigenvalue weighted by atomic mass is 28.2. The molecule has 2 rings (SSSR count). The van der Waals surface area contributed by atoms with Gasteiger partial charge in [-0.05, 0) is 11.1 Å². The Bertz CT molecular complexity index is 398. The van der Waals surface area contributed by atoms with E-state index in [9.17, 15) is 0 Å². The molecule has 0 nitrogen and oxygen atoms in total. The van der Waals surface area contributed by atoms with E-state index in [1.807, 2.05) is 0 Å². The van der Waals surface area contributed by atoms with Gasteiger partial charge in [0, 0.05) is 0 Å². The van der Waals surface area contributed by atoms with E-state index in [1.54, 1.807) is 10.4 Å². The van der Waals surface area contributed by atoms with Crippen molar-refractivity contribution in [2.45, 2.75) is 13.1 Å². The minimum atomic E-state index is -0.00917. The van der Waals surface area contributed by atoms with Gasteiger partial charge in [-0.1, -0.05) is 72.0 Å². The molecule has 0 bridgehead atoms. The van der Waals surface area contributed by atoms with Gasteiger partial charge in [-0.2, -0.15) is 0 Å². The van der Waals surface area contributed by atoms with Crippen molar-refractivity contribution in [2.24, 2.45) is 0 Å². The van der Waals surface area contributed by atoms with Crippen LogP contribution < -0.4 is 10.4 Å². The average molecular weight is 242 g/mol. The third-order valence-electron chi connectivity index (χ3n) is 3.06. The molecule has 82 valence electrons. The molecule has 0 heterocycles. The fraction of sp³-hybridized carbons (Fsp3) is 0.143. The van der Waals surface area contributed by atoms with E-state index in [-0.39, 0.29) is 19.0 Å². The standard InChI is InChI=1S/C14H18Si2/c1-15-13-7-3-11(4-8-13)12-5-9-14(16-2)10-6-12/h3-10H,15-16H2,1-2H3. The fourth-order valence-corrected chi connectivity index (χ4v) is 3.28. The maximum atomic E-state index is 2.33. The quantitative estimate of drug-likeness (QED) is 0.706. The molecule has 0 N–H and O–H groups in total. The first kappa shape index (κ1) is 11.4. The molecule has 2 aromatic rings. The Morgan fingerprint density at radius 2 is 0.875 bits per heavy atom. The van der Waals surface area contributed by atoms with Crippen LogP contribution in [-0.2, 0) is 0 Å². The first-order valence-corrected chi connectivity index (χ1v) is 10.3. The first-order valence-electron chi connectivity index (χ1n) is 6.01. The fourth-order valence-electron chi connectivity index (χ4n) is 1.87. The largest absolute Gasteiger partial charge is 0.0708 e. The zero-order valence-electron chi connectivity index (χ0n) is 10.0. The maximum absolute atomic E-state index is 2.33. The van der Waals surface area contributed by atoms with Crippen LogP contribution in [0.2, 0.25) is 13.1 Å². The van der Waals surface area contributed by atoms with Crippen LogP contribution in [0.25, 0.3) is 11.1 Å². The van der Waals surface area contributed by atoms with Crippen molar-refractivity contribution in [1.29, 1.82) is 0 Å². The molecule has 0 unspecified atom stereocenters. The predicted molar refractivity (Wildman–Crippen MR) is 80.0 cm³/mol. The Kier molecular flexibility index (Phi) is 3.75. The minimum Gasteiger partial charge on any atom is -0.0708 e. The second kappa shape index (κ2) is 5.28. The van der Waals surface area contributed by atoms with E-state index in [1.165, 1.54) is 11.1 Å². The Balaban J connectivity index is 2.28. The number of rotatable bonds is 3. The molecule has 0 spiro atoms. The van der Waals surface area contributed by atoms with Gasteiger partial charge in [0.15, 0.2) is 0 Å². The van der Waals surface area contributed by atoms with Crippen molar-refractivity contribution in [3.63, 3.8) is 0 Å². The van der Waals surface area contributed by atoms with E-state index >= 15 is 0 Å².